The minimum Gasteiger partial charge on any atom is -0.462 e. The molecule has 3 fully saturated rings. The van der Waals surface area contributed by atoms with Gasteiger partial charge in [-0.3, -0.25) is 4.79 Å². The number of rotatable bonds is 11. The summed E-state index contributed by atoms with van der Waals surface area (Å²) in [5, 5.41) is 0. The van der Waals surface area contributed by atoms with Gasteiger partial charge in [-0.05, 0) is 116 Å². The quantitative estimate of drug-likeness (QED) is 0.157. The Morgan fingerprint density at radius 2 is 1.73 bits per heavy atom. The third kappa shape index (κ3) is 6.27. The zero-order valence-corrected chi connectivity index (χ0v) is 26.4. The maximum atomic E-state index is 12.7. The third-order valence-electron chi connectivity index (χ3n) is 12.5. The van der Waals surface area contributed by atoms with Gasteiger partial charge < -0.3 is 4.74 Å². The molecule has 8 atom stereocenters. The van der Waals surface area contributed by atoms with Crippen molar-refractivity contribution in [1.82, 2.24) is 0 Å². The minimum absolute atomic E-state index is 0.0175. The zero-order chi connectivity index (χ0) is 28.3. The molecule has 0 N–H and O–H groups in total. The van der Waals surface area contributed by atoms with E-state index in [1.807, 2.05) is 0 Å². The molecule has 0 radical (unpaired) electrons. The number of allylic oxidation sites excluding steroid dienone is 1. The van der Waals surface area contributed by atoms with Gasteiger partial charge in [-0.1, -0.05) is 95.9 Å². The van der Waals surface area contributed by atoms with Gasteiger partial charge in [0.15, 0.2) is 0 Å². The number of unbranched alkanes of at least 4 members (excludes halogenated alkanes) is 1. The van der Waals surface area contributed by atoms with Gasteiger partial charge in [0.2, 0.25) is 0 Å². The van der Waals surface area contributed by atoms with E-state index in [1.165, 1.54) is 63.4 Å². The normalized spacial score (nSPS) is 35.9. The molecule has 2 nitrogen and oxygen atoms in total. The average Bonchev–Trinajstić information content (AvgIpc) is 3.29. The van der Waals surface area contributed by atoms with Crippen LogP contribution in [0.1, 0.15) is 130 Å². The number of fused-ring (bicyclic) bond motifs is 5. The fourth-order valence-corrected chi connectivity index (χ4v) is 10.2. The van der Waals surface area contributed by atoms with Gasteiger partial charge in [-0.15, -0.1) is 0 Å². The van der Waals surface area contributed by atoms with Crippen LogP contribution in [0.3, 0.4) is 0 Å². The van der Waals surface area contributed by atoms with Crippen LogP contribution >= 0.6 is 0 Å². The molecule has 222 valence electrons. The number of hydrogen-bond acceptors (Lipinski definition) is 2. The number of esters is 1. The summed E-state index contributed by atoms with van der Waals surface area (Å²) in [6.45, 7) is 12.6. The zero-order valence-electron chi connectivity index (χ0n) is 26.4. The lowest BCUT2D eigenvalue weighted by molar-refractivity contribution is -0.151. The largest absolute Gasteiger partial charge is 0.462 e. The summed E-state index contributed by atoms with van der Waals surface area (Å²) in [7, 11) is 0. The fourth-order valence-electron chi connectivity index (χ4n) is 10.2. The van der Waals surface area contributed by atoms with Crippen LogP contribution in [0.5, 0.6) is 0 Å². The van der Waals surface area contributed by atoms with Crippen molar-refractivity contribution in [2.75, 3.05) is 0 Å². The SMILES string of the molecule is CC(C)CCC[C@@H](C)[C@H]1CC[C@H]2[C@@H]3CC=C4CC(OC(=O)CCCCc5ccccc5)CC[C@]4(C)[C@H]3CC[C@]12C. The Morgan fingerprint density at radius 1 is 0.925 bits per heavy atom. The molecule has 5 rings (SSSR count). The Hall–Kier alpha value is -1.57. The summed E-state index contributed by atoms with van der Waals surface area (Å²) in [6.07, 6.45) is 20.8. The smallest absolute Gasteiger partial charge is 0.306 e. The molecule has 0 spiro atoms. The number of carbonyl (C=O) groups excluding carboxylic acids is 1. The molecule has 0 saturated heterocycles. The van der Waals surface area contributed by atoms with E-state index in [2.05, 4.69) is 71.0 Å². The Balaban J connectivity index is 1.14. The second-order valence-corrected chi connectivity index (χ2v) is 15.3. The van der Waals surface area contributed by atoms with E-state index in [4.69, 9.17) is 4.74 Å². The van der Waals surface area contributed by atoms with E-state index in [9.17, 15) is 4.79 Å². The van der Waals surface area contributed by atoms with E-state index >= 15 is 0 Å². The molecule has 1 aromatic rings. The van der Waals surface area contributed by atoms with Crippen LogP contribution in [0.25, 0.3) is 0 Å². The lowest BCUT2D eigenvalue weighted by atomic mass is 9.47. The van der Waals surface area contributed by atoms with E-state index < -0.39 is 0 Å². The van der Waals surface area contributed by atoms with Crippen LogP contribution in [0.4, 0.5) is 0 Å². The Labute approximate surface area is 246 Å². The standard InChI is InChI=1S/C38H58O2/c1-27(2)12-11-13-28(3)33-20-21-34-32-19-18-30-26-31(22-24-37(30,4)35(32)23-25-38(33,34)5)40-36(39)17-10-9-16-29-14-7-6-8-15-29/h6-8,14-15,18,27-28,31-35H,9-13,16-17,19-26H2,1-5H3/t28-,31?,32+,33-,34+,35+,37+,38-/m1/s1. The highest BCUT2D eigenvalue weighted by Crippen LogP contribution is 2.67. The first-order valence-electron chi connectivity index (χ1n) is 17.1. The highest BCUT2D eigenvalue weighted by atomic mass is 16.5. The topological polar surface area (TPSA) is 26.3 Å². The molecule has 0 heterocycles. The number of benzene rings is 1. The van der Waals surface area contributed by atoms with Crippen molar-refractivity contribution in [2.24, 2.45) is 46.3 Å². The molecule has 0 aliphatic heterocycles. The Kier molecular flexibility index (Phi) is 9.53. The minimum atomic E-state index is 0.0175. The van der Waals surface area contributed by atoms with E-state index in [0.29, 0.717) is 17.3 Å². The van der Waals surface area contributed by atoms with Crippen molar-refractivity contribution in [2.45, 2.75) is 137 Å². The van der Waals surface area contributed by atoms with Crippen LogP contribution in [-0.4, -0.2) is 12.1 Å². The predicted octanol–water partition coefficient (Wildman–Crippen LogP) is 10.4. The molecule has 1 aromatic carbocycles. The van der Waals surface area contributed by atoms with Crippen LogP contribution in [0.15, 0.2) is 42.0 Å². The Morgan fingerprint density at radius 3 is 2.50 bits per heavy atom. The van der Waals surface area contributed by atoms with Gasteiger partial charge in [-0.2, -0.15) is 0 Å². The van der Waals surface area contributed by atoms with Crippen LogP contribution < -0.4 is 0 Å². The van der Waals surface area contributed by atoms with Crippen molar-refractivity contribution in [3.8, 4) is 0 Å². The summed E-state index contributed by atoms with van der Waals surface area (Å²) >= 11 is 0. The lowest BCUT2D eigenvalue weighted by Gasteiger charge is -2.58. The van der Waals surface area contributed by atoms with Crippen molar-refractivity contribution in [3.63, 3.8) is 0 Å². The maximum Gasteiger partial charge on any atom is 0.306 e. The molecular weight excluding hydrogens is 488 g/mol. The monoisotopic (exact) mass is 546 g/mol. The van der Waals surface area contributed by atoms with E-state index in [0.717, 1.165) is 67.6 Å². The number of ether oxygens (including phenoxy) is 1. The summed E-state index contributed by atoms with van der Waals surface area (Å²) in [5.74, 6) is 5.25. The molecule has 2 heteroatoms. The fraction of sp³-hybridized carbons (Fsp3) is 0.763. The van der Waals surface area contributed by atoms with Crippen molar-refractivity contribution in [1.29, 1.82) is 0 Å². The first kappa shape index (κ1) is 29.9. The summed E-state index contributed by atoms with van der Waals surface area (Å²) in [4.78, 5) is 12.7. The third-order valence-corrected chi connectivity index (χ3v) is 12.5. The average molecular weight is 547 g/mol. The predicted molar refractivity (Wildman–Crippen MR) is 167 cm³/mol. The summed E-state index contributed by atoms with van der Waals surface area (Å²) < 4.78 is 6.07. The lowest BCUT2D eigenvalue weighted by Crippen LogP contribution is -2.51. The molecule has 1 unspecified atom stereocenters. The van der Waals surface area contributed by atoms with Gasteiger partial charge in [0.1, 0.15) is 6.10 Å². The molecule has 0 bridgehead atoms. The first-order valence-corrected chi connectivity index (χ1v) is 17.1. The number of hydrogen-bond donors (Lipinski definition) is 0. The van der Waals surface area contributed by atoms with Crippen molar-refractivity contribution < 1.29 is 9.53 Å². The van der Waals surface area contributed by atoms with Crippen LogP contribution in [0, 0.1) is 46.3 Å². The molecular formula is C38H58O2. The van der Waals surface area contributed by atoms with Crippen molar-refractivity contribution >= 4 is 5.97 Å². The summed E-state index contributed by atoms with van der Waals surface area (Å²) in [6, 6.07) is 10.6. The summed E-state index contributed by atoms with van der Waals surface area (Å²) in [5.41, 5.74) is 3.86. The van der Waals surface area contributed by atoms with Crippen LogP contribution in [-0.2, 0) is 16.0 Å². The molecule has 3 saturated carbocycles. The van der Waals surface area contributed by atoms with Crippen LogP contribution in [0.2, 0.25) is 0 Å². The highest BCUT2D eigenvalue weighted by molar-refractivity contribution is 5.69. The molecule has 40 heavy (non-hydrogen) atoms. The van der Waals surface area contributed by atoms with E-state index in [1.54, 1.807) is 5.57 Å². The molecule has 4 aliphatic carbocycles. The molecule has 0 aromatic heterocycles. The Bertz CT molecular complexity index is 1010. The number of aryl methyl sites for hydroxylation is 1. The number of carbonyl (C=O) groups is 1. The highest BCUT2D eigenvalue weighted by Gasteiger charge is 2.59. The van der Waals surface area contributed by atoms with Crippen molar-refractivity contribution in [3.05, 3.63) is 47.5 Å². The second kappa shape index (κ2) is 12.7. The first-order chi connectivity index (χ1) is 19.2. The van der Waals surface area contributed by atoms with Gasteiger partial charge in [0, 0.05) is 12.8 Å². The van der Waals surface area contributed by atoms with Gasteiger partial charge in [-0.25, -0.2) is 0 Å². The molecule has 0 amide bonds. The van der Waals surface area contributed by atoms with Gasteiger partial charge in [0.25, 0.3) is 0 Å². The molecule has 4 aliphatic rings. The van der Waals surface area contributed by atoms with E-state index in [-0.39, 0.29) is 12.1 Å². The maximum absolute atomic E-state index is 12.7. The van der Waals surface area contributed by atoms with Gasteiger partial charge >= 0.3 is 5.97 Å². The van der Waals surface area contributed by atoms with Gasteiger partial charge in [0.05, 0.1) is 0 Å². The second-order valence-electron chi connectivity index (χ2n) is 15.3.